The number of alkyl halides is 6. The SMILES string of the molecule is C[C@]12CCC(=O)OC1=CC[C@@H]1[C@H]2CC[C@]2(C)C(C(=O)Nc3cc(C(F)(F)F)ccc3C(F)(F)F)CC[C@@H]12. The molecule has 10 heteroatoms. The molecule has 1 unspecified atom stereocenters. The van der Waals surface area contributed by atoms with Crippen LogP contribution in [-0.4, -0.2) is 11.9 Å². The number of anilines is 1. The fourth-order valence-corrected chi connectivity index (χ4v) is 7.79. The second-order valence-corrected chi connectivity index (χ2v) is 11.5. The second-order valence-electron chi connectivity index (χ2n) is 11.5. The average molecular weight is 530 g/mol. The zero-order valence-corrected chi connectivity index (χ0v) is 20.6. The van der Waals surface area contributed by atoms with Crippen LogP contribution in [0.5, 0.6) is 0 Å². The first-order chi connectivity index (χ1) is 17.1. The molecule has 0 spiro atoms. The lowest BCUT2D eigenvalue weighted by Crippen LogP contribution is -2.51. The summed E-state index contributed by atoms with van der Waals surface area (Å²) in [6, 6.07) is 1.11. The standard InChI is InChI=1S/C27H29F6NO3/c1-24-11-9-17-15(4-8-21-25(17,2)12-10-22(35)37-21)16(24)6-7-19(24)23(36)34-20-13-14(26(28,29)30)3-5-18(20)27(31,32)33/h3,5,8,13,15-17,19H,4,6-7,9-12H2,1-2H3,(H,34,36)/t15-,16-,17+,19?,24-,25+/m0/s1. The summed E-state index contributed by atoms with van der Waals surface area (Å²) in [5, 5.41) is 2.23. The van der Waals surface area contributed by atoms with Crippen LogP contribution in [0.2, 0.25) is 0 Å². The van der Waals surface area contributed by atoms with Crippen LogP contribution in [0.3, 0.4) is 0 Å². The summed E-state index contributed by atoms with van der Waals surface area (Å²) < 4.78 is 85.9. The van der Waals surface area contributed by atoms with Gasteiger partial charge in [0.1, 0.15) is 5.76 Å². The van der Waals surface area contributed by atoms with Crippen molar-refractivity contribution in [1.29, 1.82) is 0 Å². The Morgan fingerprint density at radius 2 is 1.73 bits per heavy atom. The molecule has 0 aromatic heterocycles. The van der Waals surface area contributed by atoms with E-state index in [1.54, 1.807) is 0 Å². The van der Waals surface area contributed by atoms with Crippen LogP contribution in [0.25, 0.3) is 0 Å². The van der Waals surface area contributed by atoms with Gasteiger partial charge in [-0.15, -0.1) is 0 Å². The van der Waals surface area contributed by atoms with Gasteiger partial charge in [-0.3, -0.25) is 9.59 Å². The van der Waals surface area contributed by atoms with Crippen LogP contribution in [0.4, 0.5) is 32.0 Å². The quantitative estimate of drug-likeness (QED) is 0.322. The van der Waals surface area contributed by atoms with Crippen LogP contribution in [0.1, 0.15) is 69.9 Å². The van der Waals surface area contributed by atoms with Gasteiger partial charge in [-0.1, -0.05) is 13.8 Å². The van der Waals surface area contributed by atoms with E-state index in [0.29, 0.717) is 56.7 Å². The van der Waals surface area contributed by atoms with Gasteiger partial charge in [0, 0.05) is 17.8 Å². The van der Waals surface area contributed by atoms with E-state index in [1.165, 1.54) is 0 Å². The van der Waals surface area contributed by atoms with Crippen molar-refractivity contribution in [2.45, 2.75) is 71.1 Å². The Hall–Kier alpha value is -2.52. The number of fused-ring (bicyclic) bond motifs is 5. The number of rotatable bonds is 2. The number of esters is 1. The van der Waals surface area contributed by atoms with Crippen LogP contribution in [0.15, 0.2) is 30.0 Å². The Morgan fingerprint density at radius 3 is 2.41 bits per heavy atom. The molecule has 4 aliphatic rings. The molecule has 1 aromatic rings. The number of benzene rings is 1. The summed E-state index contributed by atoms with van der Waals surface area (Å²) >= 11 is 0. The number of halogens is 6. The number of carbonyl (C=O) groups is 2. The number of ether oxygens (including phenoxy) is 1. The zero-order chi connectivity index (χ0) is 27.0. The summed E-state index contributed by atoms with van der Waals surface area (Å²) in [5.74, 6) is -0.145. The molecular formula is C27H29F6NO3. The molecule has 1 N–H and O–H groups in total. The van der Waals surface area contributed by atoms with Crippen molar-refractivity contribution in [2.75, 3.05) is 5.32 Å². The number of carbonyl (C=O) groups excluding carboxylic acids is 2. The lowest BCUT2D eigenvalue weighted by molar-refractivity contribution is -0.152. The van der Waals surface area contributed by atoms with Gasteiger partial charge in [0.05, 0.1) is 16.8 Å². The van der Waals surface area contributed by atoms with Crippen molar-refractivity contribution in [1.82, 2.24) is 0 Å². The normalized spacial score (nSPS) is 35.6. The summed E-state index contributed by atoms with van der Waals surface area (Å²) in [6.07, 6.45) is -3.42. The Bertz CT molecular complexity index is 1160. The molecule has 6 atom stereocenters. The first-order valence-corrected chi connectivity index (χ1v) is 12.7. The molecule has 1 aliphatic heterocycles. The third kappa shape index (κ3) is 4.24. The van der Waals surface area contributed by atoms with E-state index in [9.17, 15) is 35.9 Å². The van der Waals surface area contributed by atoms with Gasteiger partial charge in [-0.05, 0) is 86.0 Å². The van der Waals surface area contributed by atoms with Crippen LogP contribution < -0.4 is 5.32 Å². The highest BCUT2D eigenvalue weighted by atomic mass is 19.4. The maximum atomic E-state index is 13.6. The molecule has 0 radical (unpaired) electrons. The molecule has 5 rings (SSSR count). The monoisotopic (exact) mass is 529 g/mol. The van der Waals surface area contributed by atoms with Gasteiger partial charge >= 0.3 is 18.3 Å². The number of hydrogen-bond acceptors (Lipinski definition) is 3. The summed E-state index contributed by atoms with van der Waals surface area (Å²) in [4.78, 5) is 25.2. The highest BCUT2D eigenvalue weighted by Crippen LogP contribution is 2.66. The number of nitrogens with one attached hydrogen (secondary N) is 1. The van der Waals surface area contributed by atoms with E-state index in [1.807, 2.05) is 13.0 Å². The van der Waals surface area contributed by atoms with E-state index >= 15 is 0 Å². The fraction of sp³-hybridized carbons (Fsp3) is 0.630. The molecule has 2 saturated carbocycles. The number of hydrogen-bond donors (Lipinski definition) is 1. The van der Waals surface area contributed by atoms with Crippen molar-refractivity contribution in [3.05, 3.63) is 41.2 Å². The fourth-order valence-electron chi connectivity index (χ4n) is 7.79. The van der Waals surface area contributed by atoms with Crippen molar-refractivity contribution in [3.63, 3.8) is 0 Å². The largest absolute Gasteiger partial charge is 0.431 e. The molecule has 202 valence electrons. The summed E-state index contributed by atoms with van der Waals surface area (Å²) in [5.41, 5.74) is -4.17. The Morgan fingerprint density at radius 1 is 1.00 bits per heavy atom. The van der Waals surface area contributed by atoms with Crippen molar-refractivity contribution in [2.24, 2.45) is 34.5 Å². The van der Waals surface area contributed by atoms with E-state index < -0.39 is 46.4 Å². The summed E-state index contributed by atoms with van der Waals surface area (Å²) in [7, 11) is 0. The van der Waals surface area contributed by atoms with E-state index in [-0.39, 0.29) is 29.1 Å². The minimum absolute atomic E-state index is 0.137. The molecule has 1 aromatic carbocycles. The topological polar surface area (TPSA) is 55.4 Å². The second kappa shape index (κ2) is 8.50. The number of amides is 1. The first kappa shape index (κ1) is 26.1. The predicted octanol–water partition coefficient (Wildman–Crippen LogP) is 7.35. The highest BCUT2D eigenvalue weighted by molar-refractivity contribution is 5.94. The highest BCUT2D eigenvalue weighted by Gasteiger charge is 2.60. The Kier molecular flexibility index (Phi) is 5.99. The van der Waals surface area contributed by atoms with Crippen molar-refractivity contribution < 1.29 is 40.7 Å². The van der Waals surface area contributed by atoms with Gasteiger partial charge < -0.3 is 10.1 Å². The van der Waals surface area contributed by atoms with Gasteiger partial charge in [0.15, 0.2) is 0 Å². The lowest BCUT2D eigenvalue weighted by atomic mass is 9.49. The van der Waals surface area contributed by atoms with Crippen LogP contribution in [0, 0.1) is 34.5 Å². The minimum Gasteiger partial charge on any atom is -0.431 e. The van der Waals surface area contributed by atoms with E-state index in [2.05, 4.69) is 12.2 Å². The van der Waals surface area contributed by atoms with Gasteiger partial charge in [-0.25, -0.2) is 0 Å². The van der Waals surface area contributed by atoms with Gasteiger partial charge in [0.25, 0.3) is 0 Å². The van der Waals surface area contributed by atoms with Gasteiger partial charge in [-0.2, -0.15) is 26.3 Å². The smallest absolute Gasteiger partial charge is 0.418 e. The maximum absolute atomic E-state index is 13.6. The van der Waals surface area contributed by atoms with E-state index in [4.69, 9.17) is 4.74 Å². The lowest BCUT2D eigenvalue weighted by Gasteiger charge is -2.56. The third-order valence-corrected chi connectivity index (χ3v) is 9.69. The van der Waals surface area contributed by atoms with Crippen molar-refractivity contribution >= 4 is 17.6 Å². The van der Waals surface area contributed by atoms with Crippen LogP contribution in [-0.2, 0) is 26.7 Å². The zero-order valence-electron chi connectivity index (χ0n) is 20.6. The molecule has 3 aliphatic carbocycles. The molecular weight excluding hydrogens is 500 g/mol. The molecule has 0 bridgehead atoms. The maximum Gasteiger partial charge on any atom is 0.418 e. The molecule has 3 fully saturated rings. The van der Waals surface area contributed by atoms with Gasteiger partial charge in [0.2, 0.25) is 5.91 Å². The molecule has 37 heavy (non-hydrogen) atoms. The third-order valence-electron chi connectivity index (χ3n) is 9.69. The first-order valence-electron chi connectivity index (χ1n) is 12.7. The van der Waals surface area contributed by atoms with Crippen molar-refractivity contribution in [3.8, 4) is 0 Å². The molecule has 1 saturated heterocycles. The average Bonchev–Trinajstić information content (AvgIpc) is 3.15. The minimum atomic E-state index is -4.92. The Balaban J connectivity index is 1.40. The molecule has 1 heterocycles. The predicted molar refractivity (Wildman–Crippen MR) is 122 cm³/mol. The summed E-state index contributed by atoms with van der Waals surface area (Å²) in [6.45, 7) is 4.11. The Labute approximate surface area is 210 Å². The number of allylic oxidation sites excluding steroid dienone is 2. The molecule has 1 amide bonds. The van der Waals surface area contributed by atoms with E-state index in [0.717, 1.165) is 12.2 Å². The molecule has 4 nitrogen and oxygen atoms in total. The van der Waals surface area contributed by atoms with Crippen LogP contribution >= 0.6 is 0 Å².